The molecule has 0 saturated heterocycles. The minimum Gasteiger partial charge on any atom is -0.318 e. The molecule has 5 nitrogen and oxygen atoms in total. The zero-order valence-electron chi connectivity index (χ0n) is 15.4. The Labute approximate surface area is 171 Å². The van der Waals surface area contributed by atoms with Gasteiger partial charge in [0.1, 0.15) is 5.82 Å². The number of nitrogens with zero attached hydrogens (tertiary/aromatic N) is 3. The Morgan fingerprint density at radius 1 is 1.00 bits per heavy atom. The molecule has 0 aliphatic rings. The van der Waals surface area contributed by atoms with E-state index < -0.39 is 5.91 Å². The second-order valence-electron chi connectivity index (χ2n) is 6.40. The second-order valence-corrected chi connectivity index (χ2v) is 6.81. The van der Waals surface area contributed by atoms with E-state index in [4.69, 9.17) is 11.6 Å². The largest absolute Gasteiger partial charge is 0.318 e. The molecule has 1 aromatic heterocycles. The van der Waals surface area contributed by atoms with E-state index in [1.165, 1.54) is 12.1 Å². The number of anilines is 1. The number of amides is 1. The Bertz CT molecular complexity index is 1150. The summed E-state index contributed by atoms with van der Waals surface area (Å²) in [7, 11) is 0. The van der Waals surface area contributed by atoms with Gasteiger partial charge in [-0.15, -0.1) is 5.10 Å². The summed E-state index contributed by atoms with van der Waals surface area (Å²) in [5.74, 6) is -0.435. The molecule has 3 aromatic carbocycles. The number of halogens is 2. The first-order valence-corrected chi connectivity index (χ1v) is 9.25. The van der Waals surface area contributed by atoms with Crippen molar-refractivity contribution in [3.8, 4) is 17.1 Å². The Balaban J connectivity index is 1.77. The molecule has 0 unspecified atom stereocenters. The van der Waals surface area contributed by atoms with E-state index in [1.54, 1.807) is 22.9 Å². The van der Waals surface area contributed by atoms with Gasteiger partial charge in [0.2, 0.25) is 5.82 Å². The van der Waals surface area contributed by atoms with Crippen LogP contribution in [0.3, 0.4) is 0 Å². The fraction of sp³-hybridized carbons (Fsp3) is 0.0455. The summed E-state index contributed by atoms with van der Waals surface area (Å²) in [5, 5.41) is 7.60. The Hall–Kier alpha value is -3.51. The maximum atomic E-state index is 13.4. The van der Waals surface area contributed by atoms with Gasteiger partial charge in [0, 0.05) is 5.56 Å². The van der Waals surface area contributed by atoms with E-state index in [2.05, 4.69) is 15.4 Å². The first-order chi connectivity index (χ1) is 14.0. The highest BCUT2D eigenvalue weighted by Gasteiger charge is 2.20. The van der Waals surface area contributed by atoms with Gasteiger partial charge in [0.25, 0.3) is 5.91 Å². The second kappa shape index (κ2) is 7.85. The normalized spacial score (nSPS) is 10.7. The van der Waals surface area contributed by atoms with Crippen LogP contribution in [0.25, 0.3) is 17.1 Å². The van der Waals surface area contributed by atoms with Gasteiger partial charge in [0.15, 0.2) is 5.82 Å². The average Bonchev–Trinajstić information content (AvgIpc) is 3.17. The smallest absolute Gasteiger partial charge is 0.295 e. The third-order valence-electron chi connectivity index (χ3n) is 4.37. The minimum absolute atomic E-state index is 0.0208. The van der Waals surface area contributed by atoms with Crippen LogP contribution in [0.15, 0.2) is 72.8 Å². The van der Waals surface area contributed by atoms with Crippen molar-refractivity contribution in [1.29, 1.82) is 0 Å². The molecule has 0 bridgehead atoms. The van der Waals surface area contributed by atoms with Crippen LogP contribution in [-0.4, -0.2) is 20.7 Å². The number of aromatic nitrogens is 3. The highest BCUT2D eigenvalue weighted by atomic mass is 35.5. The molecule has 0 fully saturated rings. The quantitative estimate of drug-likeness (QED) is 0.501. The number of para-hydroxylation sites is 2. The van der Waals surface area contributed by atoms with Crippen LogP contribution in [0, 0.1) is 12.7 Å². The maximum Gasteiger partial charge on any atom is 0.295 e. The molecule has 29 heavy (non-hydrogen) atoms. The van der Waals surface area contributed by atoms with Crippen LogP contribution < -0.4 is 5.32 Å². The first kappa shape index (κ1) is 18.8. The van der Waals surface area contributed by atoms with Crippen LogP contribution in [0.2, 0.25) is 5.02 Å². The van der Waals surface area contributed by atoms with E-state index in [0.717, 1.165) is 11.3 Å². The van der Waals surface area contributed by atoms with Crippen LogP contribution in [-0.2, 0) is 0 Å². The van der Waals surface area contributed by atoms with Gasteiger partial charge in [-0.05, 0) is 55.0 Å². The number of carbonyl (C=O) groups excluding carboxylic acids is 1. The van der Waals surface area contributed by atoms with Crippen molar-refractivity contribution < 1.29 is 9.18 Å². The number of nitrogens with one attached hydrogen (secondary N) is 1. The molecule has 1 heterocycles. The molecule has 0 saturated carbocycles. The number of hydrogen-bond donors (Lipinski definition) is 1. The minimum atomic E-state index is -0.487. The highest BCUT2D eigenvalue weighted by Crippen LogP contribution is 2.26. The Kier molecular flexibility index (Phi) is 5.10. The number of rotatable bonds is 4. The molecule has 0 radical (unpaired) electrons. The van der Waals surface area contributed by atoms with Crippen LogP contribution in [0.1, 0.15) is 16.2 Å². The summed E-state index contributed by atoms with van der Waals surface area (Å²) in [6.45, 7) is 1.85. The molecule has 1 amide bonds. The summed E-state index contributed by atoms with van der Waals surface area (Å²) < 4.78 is 14.9. The molecule has 0 spiro atoms. The average molecular weight is 407 g/mol. The number of hydrogen-bond acceptors (Lipinski definition) is 3. The standard InChI is InChI=1S/C22H16ClFN4O/c1-14-6-5-9-18(23)19(14)25-22(29)20-26-21(15-10-12-16(24)13-11-15)28(27-20)17-7-3-2-4-8-17/h2-13H,1H3,(H,25,29). The fourth-order valence-corrected chi connectivity index (χ4v) is 3.17. The highest BCUT2D eigenvalue weighted by molar-refractivity contribution is 6.34. The lowest BCUT2D eigenvalue weighted by atomic mass is 10.2. The molecular weight excluding hydrogens is 391 g/mol. The molecule has 0 aliphatic carbocycles. The van der Waals surface area contributed by atoms with E-state index in [9.17, 15) is 9.18 Å². The molecule has 0 atom stereocenters. The first-order valence-electron chi connectivity index (χ1n) is 8.88. The van der Waals surface area contributed by atoms with Crippen molar-refractivity contribution >= 4 is 23.2 Å². The van der Waals surface area contributed by atoms with Gasteiger partial charge in [-0.3, -0.25) is 4.79 Å². The monoisotopic (exact) mass is 406 g/mol. The lowest BCUT2D eigenvalue weighted by Gasteiger charge is -2.08. The van der Waals surface area contributed by atoms with E-state index >= 15 is 0 Å². The number of aryl methyl sites for hydroxylation is 1. The summed E-state index contributed by atoms with van der Waals surface area (Å²) >= 11 is 6.21. The van der Waals surface area contributed by atoms with Crippen molar-refractivity contribution in [2.75, 3.05) is 5.32 Å². The Morgan fingerprint density at radius 3 is 2.41 bits per heavy atom. The SMILES string of the molecule is Cc1cccc(Cl)c1NC(=O)c1nc(-c2ccc(F)cc2)n(-c2ccccc2)n1. The van der Waals surface area contributed by atoms with Crippen LogP contribution in [0.5, 0.6) is 0 Å². The van der Waals surface area contributed by atoms with Crippen molar-refractivity contribution in [3.63, 3.8) is 0 Å². The molecule has 144 valence electrons. The molecule has 1 N–H and O–H groups in total. The lowest BCUT2D eigenvalue weighted by Crippen LogP contribution is -2.15. The van der Waals surface area contributed by atoms with E-state index in [-0.39, 0.29) is 11.6 Å². The fourth-order valence-electron chi connectivity index (χ4n) is 2.90. The third kappa shape index (κ3) is 3.88. The molecular formula is C22H16ClFN4O. The Morgan fingerprint density at radius 2 is 1.72 bits per heavy atom. The third-order valence-corrected chi connectivity index (χ3v) is 4.69. The topological polar surface area (TPSA) is 59.8 Å². The van der Waals surface area contributed by atoms with Crippen LogP contribution >= 0.6 is 11.6 Å². The van der Waals surface area contributed by atoms with Gasteiger partial charge in [-0.1, -0.05) is 41.9 Å². The van der Waals surface area contributed by atoms with Gasteiger partial charge in [0.05, 0.1) is 16.4 Å². The van der Waals surface area contributed by atoms with Crippen molar-refractivity contribution in [2.45, 2.75) is 6.92 Å². The number of carbonyl (C=O) groups is 1. The molecule has 4 rings (SSSR count). The zero-order chi connectivity index (χ0) is 20.4. The summed E-state index contributed by atoms with van der Waals surface area (Å²) in [5.41, 5.74) is 2.70. The lowest BCUT2D eigenvalue weighted by molar-refractivity contribution is 0.101. The van der Waals surface area contributed by atoms with Gasteiger partial charge < -0.3 is 5.32 Å². The van der Waals surface area contributed by atoms with Crippen LogP contribution in [0.4, 0.5) is 10.1 Å². The van der Waals surface area contributed by atoms with Gasteiger partial charge in [-0.2, -0.15) is 0 Å². The summed E-state index contributed by atoms with van der Waals surface area (Å²) in [6.07, 6.45) is 0. The van der Waals surface area contributed by atoms with Crippen molar-refractivity contribution in [2.24, 2.45) is 0 Å². The molecule has 0 aliphatic heterocycles. The predicted molar refractivity (Wildman–Crippen MR) is 111 cm³/mol. The maximum absolute atomic E-state index is 13.4. The molecule has 4 aromatic rings. The zero-order valence-corrected chi connectivity index (χ0v) is 16.2. The van der Waals surface area contributed by atoms with Gasteiger partial charge >= 0.3 is 0 Å². The predicted octanol–water partition coefficient (Wildman–Crippen LogP) is 5.29. The van der Waals surface area contributed by atoms with Gasteiger partial charge in [-0.25, -0.2) is 14.1 Å². The van der Waals surface area contributed by atoms with E-state index in [1.807, 2.05) is 49.4 Å². The number of benzene rings is 3. The van der Waals surface area contributed by atoms with E-state index in [0.29, 0.717) is 22.1 Å². The van der Waals surface area contributed by atoms with Crippen molar-refractivity contribution in [1.82, 2.24) is 14.8 Å². The summed E-state index contributed by atoms with van der Waals surface area (Å²) in [6, 6.07) is 20.5. The van der Waals surface area contributed by atoms with Crippen molar-refractivity contribution in [3.05, 3.63) is 95.0 Å². The molecule has 7 heteroatoms. The summed E-state index contributed by atoms with van der Waals surface area (Å²) in [4.78, 5) is 17.2.